The van der Waals surface area contributed by atoms with E-state index in [2.05, 4.69) is 11.8 Å². The van der Waals surface area contributed by atoms with Crippen molar-refractivity contribution in [2.24, 2.45) is 0 Å². The standard InChI is InChI=1S/C20H16F3NOS/c21-20(22,23)18-14-15(6-8-17(18)16-4-2-1-3-5-16)7-9-19(25)24-10-12-26-13-11-24/h1-6,8,14H,10-13H2. The van der Waals surface area contributed by atoms with Gasteiger partial charge in [-0.25, -0.2) is 0 Å². The quantitative estimate of drug-likeness (QED) is 0.693. The Hall–Kier alpha value is -2.39. The van der Waals surface area contributed by atoms with Crippen molar-refractivity contribution in [2.75, 3.05) is 24.6 Å². The maximum absolute atomic E-state index is 13.5. The maximum Gasteiger partial charge on any atom is 0.417 e. The van der Waals surface area contributed by atoms with Crippen molar-refractivity contribution in [1.29, 1.82) is 0 Å². The average Bonchev–Trinajstić information content (AvgIpc) is 2.66. The Kier molecular flexibility index (Phi) is 5.58. The number of carbonyl (C=O) groups is 1. The van der Waals surface area contributed by atoms with Gasteiger partial charge < -0.3 is 4.90 Å². The fourth-order valence-corrected chi connectivity index (χ4v) is 3.60. The molecule has 134 valence electrons. The first-order valence-electron chi connectivity index (χ1n) is 8.10. The van der Waals surface area contributed by atoms with Crippen LogP contribution >= 0.6 is 11.8 Å². The molecule has 0 aliphatic carbocycles. The lowest BCUT2D eigenvalue weighted by Gasteiger charge is -2.23. The highest BCUT2D eigenvalue weighted by Crippen LogP contribution is 2.37. The van der Waals surface area contributed by atoms with Crippen molar-refractivity contribution in [1.82, 2.24) is 4.90 Å². The minimum absolute atomic E-state index is 0.100. The van der Waals surface area contributed by atoms with Gasteiger partial charge in [0.2, 0.25) is 0 Å². The summed E-state index contributed by atoms with van der Waals surface area (Å²) in [5.74, 6) is 6.43. The van der Waals surface area contributed by atoms with Crippen molar-refractivity contribution < 1.29 is 18.0 Å². The van der Waals surface area contributed by atoms with E-state index < -0.39 is 11.7 Å². The molecule has 0 N–H and O–H groups in total. The van der Waals surface area contributed by atoms with Crippen LogP contribution in [0, 0.1) is 11.8 Å². The number of rotatable bonds is 1. The summed E-state index contributed by atoms with van der Waals surface area (Å²) >= 11 is 1.77. The summed E-state index contributed by atoms with van der Waals surface area (Å²) in [6, 6.07) is 12.3. The van der Waals surface area contributed by atoms with Gasteiger partial charge in [-0.15, -0.1) is 0 Å². The Bertz CT molecular complexity index is 847. The molecule has 2 aromatic carbocycles. The van der Waals surface area contributed by atoms with Crippen LogP contribution in [-0.2, 0) is 11.0 Å². The van der Waals surface area contributed by atoms with E-state index in [9.17, 15) is 18.0 Å². The smallest absolute Gasteiger partial charge is 0.330 e. The van der Waals surface area contributed by atoms with E-state index in [4.69, 9.17) is 0 Å². The van der Waals surface area contributed by atoms with Crippen LogP contribution in [0.5, 0.6) is 0 Å². The molecule has 0 saturated carbocycles. The predicted octanol–water partition coefficient (Wildman–Crippen LogP) is 4.30. The first kappa shape index (κ1) is 18.4. The third kappa shape index (κ3) is 4.41. The molecule has 2 aromatic rings. The topological polar surface area (TPSA) is 20.3 Å². The Morgan fingerprint density at radius 1 is 1.04 bits per heavy atom. The van der Waals surface area contributed by atoms with Crippen LogP contribution in [0.3, 0.4) is 0 Å². The Balaban J connectivity index is 1.91. The second kappa shape index (κ2) is 7.88. The van der Waals surface area contributed by atoms with Gasteiger partial charge >= 0.3 is 6.18 Å². The molecule has 6 heteroatoms. The maximum atomic E-state index is 13.5. The van der Waals surface area contributed by atoms with E-state index in [1.54, 1.807) is 47.0 Å². The fraction of sp³-hybridized carbons (Fsp3) is 0.250. The lowest BCUT2D eigenvalue weighted by atomic mass is 9.97. The molecular formula is C20H16F3NOS. The summed E-state index contributed by atoms with van der Waals surface area (Å²) in [5, 5.41) is 0. The first-order chi connectivity index (χ1) is 12.4. The predicted molar refractivity (Wildman–Crippen MR) is 97.7 cm³/mol. The molecule has 1 saturated heterocycles. The number of amides is 1. The van der Waals surface area contributed by atoms with Gasteiger partial charge in [-0.2, -0.15) is 24.9 Å². The molecule has 2 nitrogen and oxygen atoms in total. The van der Waals surface area contributed by atoms with Gasteiger partial charge in [-0.1, -0.05) is 42.3 Å². The zero-order chi connectivity index (χ0) is 18.6. The molecule has 0 unspecified atom stereocenters. The molecule has 0 bridgehead atoms. The second-order valence-electron chi connectivity index (χ2n) is 5.78. The Labute approximate surface area is 154 Å². The highest BCUT2D eigenvalue weighted by molar-refractivity contribution is 7.99. The largest absolute Gasteiger partial charge is 0.417 e. The van der Waals surface area contributed by atoms with Gasteiger partial charge in [0.25, 0.3) is 5.91 Å². The molecule has 3 rings (SSSR count). The highest BCUT2D eigenvalue weighted by Gasteiger charge is 2.33. The van der Waals surface area contributed by atoms with E-state index in [-0.39, 0.29) is 17.0 Å². The van der Waals surface area contributed by atoms with Gasteiger partial charge in [-0.3, -0.25) is 4.79 Å². The Morgan fingerprint density at radius 2 is 1.73 bits per heavy atom. The van der Waals surface area contributed by atoms with Crippen LogP contribution in [0.15, 0.2) is 48.5 Å². The zero-order valence-corrected chi connectivity index (χ0v) is 14.7. The van der Waals surface area contributed by atoms with Crippen molar-refractivity contribution in [3.63, 3.8) is 0 Å². The van der Waals surface area contributed by atoms with Gasteiger partial charge in [0.15, 0.2) is 0 Å². The number of alkyl halides is 3. The van der Waals surface area contributed by atoms with Crippen molar-refractivity contribution >= 4 is 17.7 Å². The zero-order valence-electron chi connectivity index (χ0n) is 13.8. The summed E-state index contributed by atoms with van der Waals surface area (Å²) in [7, 11) is 0. The molecular weight excluding hydrogens is 359 g/mol. The molecule has 1 amide bonds. The Morgan fingerprint density at radius 3 is 2.38 bits per heavy atom. The van der Waals surface area contributed by atoms with Crippen LogP contribution in [-0.4, -0.2) is 35.4 Å². The van der Waals surface area contributed by atoms with Gasteiger partial charge in [0.1, 0.15) is 0 Å². The molecule has 1 heterocycles. The summed E-state index contributed by atoms with van der Waals surface area (Å²) in [4.78, 5) is 13.7. The number of nitrogens with zero attached hydrogens (tertiary/aromatic N) is 1. The summed E-state index contributed by atoms with van der Waals surface area (Å²) in [5.41, 5.74) is 0.0123. The van der Waals surface area contributed by atoms with Gasteiger partial charge in [0, 0.05) is 36.1 Å². The third-order valence-corrected chi connectivity index (χ3v) is 4.96. The van der Waals surface area contributed by atoms with Gasteiger partial charge in [0.05, 0.1) is 5.56 Å². The molecule has 1 aliphatic rings. The highest BCUT2D eigenvalue weighted by atomic mass is 32.2. The molecule has 0 atom stereocenters. The van der Waals surface area contributed by atoms with E-state index in [1.807, 2.05) is 0 Å². The van der Waals surface area contributed by atoms with E-state index in [0.717, 1.165) is 17.6 Å². The van der Waals surface area contributed by atoms with Crippen molar-refractivity contribution in [3.8, 4) is 23.0 Å². The number of benzene rings is 2. The van der Waals surface area contributed by atoms with Crippen LogP contribution in [0.1, 0.15) is 11.1 Å². The number of thioether (sulfide) groups is 1. The minimum Gasteiger partial charge on any atom is -0.330 e. The minimum atomic E-state index is -4.50. The fourth-order valence-electron chi connectivity index (χ4n) is 2.70. The number of hydrogen-bond donors (Lipinski definition) is 0. The van der Waals surface area contributed by atoms with E-state index >= 15 is 0 Å². The summed E-state index contributed by atoms with van der Waals surface area (Å²) in [6.45, 7) is 1.25. The molecule has 1 aliphatic heterocycles. The third-order valence-electron chi connectivity index (χ3n) is 4.02. The van der Waals surface area contributed by atoms with E-state index in [0.29, 0.717) is 18.7 Å². The molecule has 1 fully saturated rings. The molecule has 0 spiro atoms. The second-order valence-corrected chi connectivity index (χ2v) is 7.00. The summed E-state index contributed by atoms with van der Waals surface area (Å²) < 4.78 is 40.4. The van der Waals surface area contributed by atoms with Crippen LogP contribution < -0.4 is 0 Å². The van der Waals surface area contributed by atoms with Crippen molar-refractivity contribution in [3.05, 3.63) is 59.7 Å². The van der Waals surface area contributed by atoms with E-state index in [1.165, 1.54) is 12.1 Å². The van der Waals surface area contributed by atoms with Gasteiger partial charge in [-0.05, 0) is 23.3 Å². The van der Waals surface area contributed by atoms with Crippen molar-refractivity contribution in [2.45, 2.75) is 6.18 Å². The molecule has 0 aromatic heterocycles. The first-order valence-corrected chi connectivity index (χ1v) is 9.26. The van der Waals surface area contributed by atoms with Crippen LogP contribution in [0.2, 0.25) is 0 Å². The van der Waals surface area contributed by atoms with Crippen LogP contribution in [0.4, 0.5) is 13.2 Å². The van der Waals surface area contributed by atoms with Crippen LogP contribution in [0.25, 0.3) is 11.1 Å². The molecule has 0 radical (unpaired) electrons. The molecule has 26 heavy (non-hydrogen) atoms. The number of hydrogen-bond acceptors (Lipinski definition) is 2. The lowest BCUT2D eigenvalue weighted by molar-refractivity contribution is -0.137. The number of halogens is 3. The normalized spacial score (nSPS) is 14.5. The number of carbonyl (C=O) groups excluding carboxylic acids is 1. The SMILES string of the molecule is O=C(C#Cc1ccc(-c2ccccc2)c(C(F)(F)F)c1)N1CCSCC1. The average molecular weight is 375 g/mol. The lowest BCUT2D eigenvalue weighted by Crippen LogP contribution is -2.37. The monoisotopic (exact) mass is 375 g/mol. The summed E-state index contributed by atoms with van der Waals surface area (Å²) in [6.07, 6.45) is -4.50.